The summed E-state index contributed by atoms with van der Waals surface area (Å²) in [7, 11) is 0. The first-order valence-corrected chi connectivity index (χ1v) is 4.61. The Kier molecular flexibility index (Phi) is 2.66. The molecule has 1 heterocycles. The van der Waals surface area contributed by atoms with Gasteiger partial charge < -0.3 is 0 Å². The predicted molar refractivity (Wildman–Crippen MR) is 48.6 cm³/mol. The zero-order chi connectivity index (χ0) is 8.23. The largest absolute Gasteiger partial charge is 0.289 e. The Hall–Kier alpha value is -0.510. The summed E-state index contributed by atoms with van der Waals surface area (Å²) in [6, 6.07) is 10.3. The first kappa shape index (κ1) is 8.10. The zero-order valence-corrected chi connectivity index (χ0v) is 7.42. The van der Waals surface area contributed by atoms with Crippen LogP contribution in [0, 0.1) is 0 Å². The van der Waals surface area contributed by atoms with Crippen molar-refractivity contribution in [2.45, 2.75) is 12.5 Å². The van der Waals surface area contributed by atoms with E-state index in [0.717, 1.165) is 18.7 Å². The highest BCUT2D eigenvalue weighted by Crippen LogP contribution is 2.21. The number of rotatable bonds is 2. The third-order valence-corrected chi connectivity index (χ3v) is 2.37. The van der Waals surface area contributed by atoms with Crippen LogP contribution >= 0.6 is 12.3 Å². The third kappa shape index (κ3) is 2.00. The minimum Gasteiger partial charge on any atom is -0.289 e. The van der Waals surface area contributed by atoms with Crippen molar-refractivity contribution in [3.8, 4) is 0 Å². The SMILES string of the molecule is c1ccc(CC2COSO2)cc1. The van der Waals surface area contributed by atoms with Crippen LogP contribution in [0.25, 0.3) is 0 Å². The molecule has 0 spiro atoms. The fraction of sp³-hybridized carbons (Fsp3) is 0.333. The van der Waals surface area contributed by atoms with Crippen molar-refractivity contribution in [2.24, 2.45) is 0 Å². The number of hydrogen-bond acceptors (Lipinski definition) is 3. The van der Waals surface area contributed by atoms with E-state index >= 15 is 0 Å². The van der Waals surface area contributed by atoms with Gasteiger partial charge in [0, 0.05) is 6.42 Å². The molecule has 1 aromatic carbocycles. The Morgan fingerprint density at radius 2 is 2.17 bits per heavy atom. The van der Waals surface area contributed by atoms with Crippen LogP contribution in [-0.2, 0) is 14.8 Å². The molecule has 0 radical (unpaired) electrons. The quantitative estimate of drug-likeness (QED) is 0.653. The van der Waals surface area contributed by atoms with Gasteiger partial charge in [-0.25, -0.2) is 0 Å². The van der Waals surface area contributed by atoms with E-state index in [-0.39, 0.29) is 6.10 Å². The molecule has 1 aromatic rings. The van der Waals surface area contributed by atoms with E-state index in [1.54, 1.807) is 0 Å². The second-order valence-corrected chi connectivity index (χ2v) is 3.32. The predicted octanol–water partition coefficient (Wildman–Crippen LogP) is 2.21. The standard InChI is InChI=1S/C9H10O2S/c1-2-4-8(5-3-1)6-9-7-10-12-11-9/h1-5,9H,6-7H2. The van der Waals surface area contributed by atoms with E-state index in [4.69, 9.17) is 8.37 Å². The van der Waals surface area contributed by atoms with Gasteiger partial charge >= 0.3 is 0 Å². The van der Waals surface area contributed by atoms with Crippen LogP contribution in [0.4, 0.5) is 0 Å². The van der Waals surface area contributed by atoms with Crippen LogP contribution in [0.3, 0.4) is 0 Å². The van der Waals surface area contributed by atoms with E-state index < -0.39 is 0 Å². The Labute approximate surface area is 76.3 Å². The average molecular weight is 182 g/mol. The van der Waals surface area contributed by atoms with E-state index in [0.29, 0.717) is 6.61 Å². The van der Waals surface area contributed by atoms with Gasteiger partial charge in [0.2, 0.25) is 0 Å². The lowest BCUT2D eigenvalue weighted by molar-refractivity contribution is 0.242. The van der Waals surface area contributed by atoms with Gasteiger partial charge in [-0.15, -0.1) is 0 Å². The van der Waals surface area contributed by atoms with Crippen molar-refractivity contribution >= 4 is 12.3 Å². The molecule has 1 unspecified atom stereocenters. The minimum absolute atomic E-state index is 0.220. The molecular formula is C9H10O2S. The number of hydrogen-bond donors (Lipinski definition) is 0. The summed E-state index contributed by atoms with van der Waals surface area (Å²) in [6.07, 6.45) is 1.16. The lowest BCUT2D eigenvalue weighted by Gasteiger charge is -2.04. The van der Waals surface area contributed by atoms with Crippen molar-refractivity contribution in [3.05, 3.63) is 35.9 Å². The maximum Gasteiger partial charge on any atom is 0.159 e. The van der Waals surface area contributed by atoms with Gasteiger partial charge in [-0.2, -0.15) is 0 Å². The van der Waals surface area contributed by atoms with E-state index in [9.17, 15) is 0 Å². The zero-order valence-electron chi connectivity index (χ0n) is 6.60. The second-order valence-electron chi connectivity index (χ2n) is 2.76. The van der Waals surface area contributed by atoms with Gasteiger partial charge in [0.15, 0.2) is 12.3 Å². The Morgan fingerprint density at radius 1 is 1.33 bits per heavy atom. The smallest absolute Gasteiger partial charge is 0.159 e. The topological polar surface area (TPSA) is 18.5 Å². The third-order valence-electron chi connectivity index (χ3n) is 1.78. The minimum atomic E-state index is 0.220. The van der Waals surface area contributed by atoms with Crippen molar-refractivity contribution in [2.75, 3.05) is 6.61 Å². The molecule has 0 aliphatic carbocycles. The van der Waals surface area contributed by atoms with Crippen molar-refractivity contribution in [3.63, 3.8) is 0 Å². The molecule has 2 nitrogen and oxygen atoms in total. The van der Waals surface area contributed by atoms with Gasteiger partial charge in [0.1, 0.15) is 6.10 Å². The van der Waals surface area contributed by atoms with Crippen molar-refractivity contribution in [1.29, 1.82) is 0 Å². The molecule has 2 rings (SSSR count). The fourth-order valence-electron chi connectivity index (χ4n) is 1.18. The summed E-state index contributed by atoms with van der Waals surface area (Å²) in [6.45, 7) is 0.694. The highest BCUT2D eigenvalue weighted by Gasteiger charge is 2.17. The van der Waals surface area contributed by atoms with Crippen LogP contribution < -0.4 is 0 Å². The molecular weight excluding hydrogens is 172 g/mol. The highest BCUT2D eigenvalue weighted by molar-refractivity contribution is 7.90. The molecule has 64 valence electrons. The van der Waals surface area contributed by atoms with Crippen LogP contribution in [-0.4, -0.2) is 12.7 Å². The van der Waals surface area contributed by atoms with Gasteiger partial charge in [0.25, 0.3) is 0 Å². The molecule has 3 heteroatoms. The summed E-state index contributed by atoms with van der Waals surface area (Å²) in [4.78, 5) is 0. The normalized spacial score (nSPS) is 22.8. The molecule has 1 saturated heterocycles. The van der Waals surface area contributed by atoms with Crippen molar-refractivity contribution < 1.29 is 8.37 Å². The molecule has 0 N–H and O–H groups in total. The maximum atomic E-state index is 5.25. The summed E-state index contributed by atoms with van der Waals surface area (Å²) >= 11 is 1.10. The van der Waals surface area contributed by atoms with Gasteiger partial charge in [-0.3, -0.25) is 8.37 Å². The number of benzene rings is 1. The Bertz CT molecular complexity index is 232. The first-order chi connectivity index (χ1) is 5.95. The average Bonchev–Trinajstić information content (AvgIpc) is 2.59. The molecule has 1 aliphatic rings. The summed E-state index contributed by atoms with van der Waals surface area (Å²) in [5.41, 5.74) is 1.30. The van der Waals surface area contributed by atoms with Gasteiger partial charge in [0.05, 0.1) is 6.61 Å². The molecule has 0 aromatic heterocycles. The second kappa shape index (κ2) is 3.94. The monoisotopic (exact) mass is 182 g/mol. The molecule has 1 atom stereocenters. The summed E-state index contributed by atoms with van der Waals surface area (Å²) in [5, 5.41) is 0. The van der Waals surface area contributed by atoms with Crippen LogP contribution in [0.1, 0.15) is 5.56 Å². The fourth-order valence-corrected chi connectivity index (χ4v) is 1.68. The van der Waals surface area contributed by atoms with E-state index in [1.165, 1.54) is 5.56 Å². The lowest BCUT2D eigenvalue weighted by atomic mass is 10.1. The van der Waals surface area contributed by atoms with Gasteiger partial charge in [-0.05, 0) is 5.56 Å². The summed E-state index contributed by atoms with van der Waals surface area (Å²) in [5.74, 6) is 0. The molecule has 0 saturated carbocycles. The van der Waals surface area contributed by atoms with Crippen molar-refractivity contribution in [1.82, 2.24) is 0 Å². The molecule has 0 bridgehead atoms. The first-order valence-electron chi connectivity index (χ1n) is 3.94. The molecule has 0 amide bonds. The lowest BCUT2D eigenvalue weighted by Crippen LogP contribution is -2.11. The van der Waals surface area contributed by atoms with E-state index in [1.807, 2.05) is 18.2 Å². The highest BCUT2D eigenvalue weighted by atomic mass is 32.2. The Morgan fingerprint density at radius 3 is 2.83 bits per heavy atom. The van der Waals surface area contributed by atoms with Crippen LogP contribution in [0.5, 0.6) is 0 Å². The van der Waals surface area contributed by atoms with E-state index in [2.05, 4.69) is 12.1 Å². The molecule has 12 heavy (non-hydrogen) atoms. The Balaban J connectivity index is 1.94. The molecule has 1 fully saturated rings. The maximum absolute atomic E-state index is 5.25. The molecule has 1 aliphatic heterocycles. The van der Waals surface area contributed by atoms with Crippen LogP contribution in [0.2, 0.25) is 0 Å². The van der Waals surface area contributed by atoms with Crippen LogP contribution in [0.15, 0.2) is 30.3 Å². The summed E-state index contributed by atoms with van der Waals surface area (Å²) < 4.78 is 10.3. The van der Waals surface area contributed by atoms with Gasteiger partial charge in [-0.1, -0.05) is 30.3 Å².